The highest BCUT2D eigenvalue weighted by Gasteiger charge is 2.21. The first-order chi connectivity index (χ1) is 10.3. The largest absolute Gasteiger partial charge is 0.337 e. The maximum absolute atomic E-state index is 12.6. The Morgan fingerprint density at radius 2 is 1.68 bits per heavy atom. The van der Waals surface area contributed by atoms with Crippen LogP contribution in [0, 0.1) is 0 Å². The first-order valence-electron chi connectivity index (χ1n) is 6.58. The van der Waals surface area contributed by atoms with Gasteiger partial charge in [0.25, 0.3) is 5.91 Å². The van der Waals surface area contributed by atoms with Crippen LogP contribution in [-0.2, 0) is 16.4 Å². The zero-order valence-electron chi connectivity index (χ0n) is 12.3. The molecule has 0 unspecified atom stereocenters. The van der Waals surface area contributed by atoms with Gasteiger partial charge in [0, 0.05) is 24.3 Å². The minimum Gasteiger partial charge on any atom is -0.337 e. The number of sulfone groups is 1. The lowest BCUT2D eigenvalue weighted by atomic mass is 10.1. The Balaban J connectivity index is 2.31. The van der Waals surface area contributed by atoms with Crippen LogP contribution < -0.4 is 0 Å². The molecule has 6 heteroatoms. The molecule has 1 amide bonds. The zero-order chi connectivity index (χ0) is 16.3. The fourth-order valence-corrected chi connectivity index (χ4v) is 3.42. The van der Waals surface area contributed by atoms with E-state index in [9.17, 15) is 13.2 Å². The number of carbonyl (C=O) groups is 1. The van der Waals surface area contributed by atoms with Gasteiger partial charge in [-0.25, -0.2) is 8.42 Å². The Labute approximate surface area is 138 Å². The molecule has 0 aliphatic heterocycles. The van der Waals surface area contributed by atoms with E-state index in [4.69, 9.17) is 0 Å². The lowest BCUT2D eigenvalue weighted by molar-refractivity contribution is 0.0781. The normalized spacial score (nSPS) is 11.2. The Kier molecular flexibility index (Phi) is 5.03. The van der Waals surface area contributed by atoms with Gasteiger partial charge in [-0.2, -0.15) is 0 Å². The van der Waals surface area contributed by atoms with Gasteiger partial charge in [0.15, 0.2) is 9.84 Å². The lowest BCUT2D eigenvalue weighted by Crippen LogP contribution is -2.27. The number of halogens is 1. The number of benzene rings is 2. The maximum atomic E-state index is 12.6. The monoisotopic (exact) mass is 381 g/mol. The molecule has 0 N–H and O–H groups in total. The van der Waals surface area contributed by atoms with Crippen LogP contribution in [-0.4, -0.2) is 32.5 Å². The highest BCUT2D eigenvalue weighted by Crippen LogP contribution is 2.20. The van der Waals surface area contributed by atoms with Crippen molar-refractivity contribution >= 4 is 31.7 Å². The standard InChI is InChI=1S/C16H16BrNO3S/c1-18(11-12-7-3-5-9-14(12)17)16(19)13-8-4-6-10-15(13)22(2,20)21/h3-10H,11H2,1-2H3. The molecule has 4 nitrogen and oxygen atoms in total. The summed E-state index contributed by atoms with van der Waals surface area (Å²) in [5, 5.41) is 0. The summed E-state index contributed by atoms with van der Waals surface area (Å²) < 4.78 is 24.5. The highest BCUT2D eigenvalue weighted by atomic mass is 79.9. The van der Waals surface area contributed by atoms with E-state index in [2.05, 4.69) is 15.9 Å². The van der Waals surface area contributed by atoms with Crippen LogP contribution in [0.3, 0.4) is 0 Å². The fourth-order valence-electron chi connectivity index (χ4n) is 2.13. The second kappa shape index (κ2) is 6.62. The number of amides is 1. The van der Waals surface area contributed by atoms with Gasteiger partial charge in [-0.3, -0.25) is 4.79 Å². The van der Waals surface area contributed by atoms with Crippen molar-refractivity contribution in [2.24, 2.45) is 0 Å². The van der Waals surface area contributed by atoms with Crippen molar-refractivity contribution in [2.75, 3.05) is 13.3 Å². The van der Waals surface area contributed by atoms with Gasteiger partial charge < -0.3 is 4.90 Å². The lowest BCUT2D eigenvalue weighted by Gasteiger charge is -2.19. The van der Waals surface area contributed by atoms with Gasteiger partial charge in [0.1, 0.15) is 0 Å². The molecule has 0 aromatic heterocycles. The summed E-state index contributed by atoms with van der Waals surface area (Å²) in [6, 6.07) is 13.9. The van der Waals surface area contributed by atoms with Gasteiger partial charge in [-0.1, -0.05) is 46.3 Å². The Hall–Kier alpha value is -1.66. The SMILES string of the molecule is CN(Cc1ccccc1Br)C(=O)c1ccccc1S(C)(=O)=O. The molecule has 0 aliphatic rings. The third-order valence-corrected chi connectivity index (χ3v) is 5.16. The molecule has 0 heterocycles. The number of rotatable bonds is 4. The average molecular weight is 382 g/mol. The fraction of sp³-hybridized carbons (Fsp3) is 0.188. The van der Waals surface area contributed by atoms with Crippen molar-refractivity contribution in [3.63, 3.8) is 0 Å². The minimum atomic E-state index is -3.45. The van der Waals surface area contributed by atoms with Crippen molar-refractivity contribution < 1.29 is 13.2 Å². The molecule has 116 valence electrons. The van der Waals surface area contributed by atoms with Crippen molar-refractivity contribution in [1.29, 1.82) is 0 Å². The molecule has 0 spiro atoms. The molecule has 0 fully saturated rings. The first kappa shape index (κ1) is 16.7. The quantitative estimate of drug-likeness (QED) is 0.817. The summed E-state index contributed by atoms with van der Waals surface area (Å²) in [5.74, 6) is -0.322. The molecule has 0 bridgehead atoms. The summed E-state index contributed by atoms with van der Waals surface area (Å²) in [6.45, 7) is 0.387. The second-order valence-corrected chi connectivity index (χ2v) is 7.86. The predicted molar refractivity (Wildman–Crippen MR) is 89.5 cm³/mol. The molecule has 2 aromatic rings. The summed E-state index contributed by atoms with van der Waals surface area (Å²) in [4.78, 5) is 14.1. The molecule has 0 atom stereocenters. The molecule has 22 heavy (non-hydrogen) atoms. The van der Waals surface area contributed by atoms with Gasteiger partial charge in [-0.15, -0.1) is 0 Å². The van der Waals surface area contributed by atoms with Crippen LogP contribution in [0.2, 0.25) is 0 Å². The summed E-state index contributed by atoms with van der Waals surface area (Å²) in [7, 11) is -1.80. The maximum Gasteiger partial charge on any atom is 0.255 e. The Morgan fingerprint density at radius 3 is 2.32 bits per heavy atom. The first-order valence-corrected chi connectivity index (χ1v) is 9.27. The second-order valence-electron chi connectivity index (χ2n) is 5.02. The van der Waals surface area contributed by atoms with Crippen molar-refractivity contribution in [3.05, 3.63) is 64.1 Å². The van der Waals surface area contributed by atoms with E-state index in [0.717, 1.165) is 16.3 Å². The Bertz CT molecular complexity index is 803. The van der Waals surface area contributed by atoms with Crippen LogP contribution in [0.25, 0.3) is 0 Å². The third kappa shape index (κ3) is 3.75. The van der Waals surface area contributed by atoms with Gasteiger partial charge in [0.2, 0.25) is 0 Å². The highest BCUT2D eigenvalue weighted by molar-refractivity contribution is 9.10. The number of nitrogens with zero attached hydrogens (tertiary/aromatic N) is 1. The van der Waals surface area contributed by atoms with Gasteiger partial charge >= 0.3 is 0 Å². The molecule has 0 aliphatic carbocycles. The third-order valence-electron chi connectivity index (χ3n) is 3.23. The van der Waals surface area contributed by atoms with Crippen LogP contribution in [0.4, 0.5) is 0 Å². The molecule has 0 saturated carbocycles. The zero-order valence-corrected chi connectivity index (χ0v) is 14.7. The van der Waals surface area contributed by atoms with Crippen LogP contribution in [0.15, 0.2) is 57.9 Å². The van der Waals surface area contributed by atoms with E-state index in [0.29, 0.717) is 6.54 Å². The van der Waals surface area contributed by atoms with E-state index >= 15 is 0 Å². The molecule has 2 rings (SSSR count). The summed E-state index contributed by atoms with van der Waals surface area (Å²) in [5.41, 5.74) is 1.15. The van der Waals surface area contributed by atoms with Crippen molar-refractivity contribution in [3.8, 4) is 0 Å². The molecular weight excluding hydrogens is 366 g/mol. The minimum absolute atomic E-state index is 0.0546. The summed E-state index contributed by atoms with van der Waals surface area (Å²) >= 11 is 3.44. The average Bonchev–Trinajstić information content (AvgIpc) is 2.48. The Morgan fingerprint density at radius 1 is 1.09 bits per heavy atom. The van der Waals surface area contributed by atoms with Gasteiger partial charge in [0.05, 0.1) is 10.5 Å². The topological polar surface area (TPSA) is 54.5 Å². The van der Waals surface area contributed by atoms with E-state index < -0.39 is 9.84 Å². The molecule has 0 saturated heterocycles. The number of hydrogen-bond acceptors (Lipinski definition) is 3. The molecule has 0 radical (unpaired) electrons. The van der Waals surface area contributed by atoms with Gasteiger partial charge in [-0.05, 0) is 23.8 Å². The van der Waals surface area contributed by atoms with Crippen LogP contribution in [0.5, 0.6) is 0 Å². The predicted octanol–water partition coefficient (Wildman–Crippen LogP) is 3.12. The smallest absolute Gasteiger partial charge is 0.255 e. The molecule has 2 aromatic carbocycles. The van der Waals surface area contributed by atoms with E-state index in [1.165, 1.54) is 17.0 Å². The summed E-state index contributed by atoms with van der Waals surface area (Å²) in [6.07, 6.45) is 1.10. The molecular formula is C16H16BrNO3S. The van der Waals surface area contributed by atoms with E-state index in [1.807, 2.05) is 24.3 Å². The van der Waals surface area contributed by atoms with E-state index in [1.54, 1.807) is 19.2 Å². The van der Waals surface area contributed by atoms with E-state index in [-0.39, 0.29) is 16.4 Å². The van der Waals surface area contributed by atoms with Crippen molar-refractivity contribution in [1.82, 2.24) is 4.90 Å². The number of hydrogen-bond donors (Lipinski definition) is 0. The van der Waals surface area contributed by atoms with Crippen molar-refractivity contribution in [2.45, 2.75) is 11.4 Å². The van der Waals surface area contributed by atoms with Crippen LogP contribution >= 0.6 is 15.9 Å². The van der Waals surface area contributed by atoms with Crippen LogP contribution in [0.1, 0.15) is 15.9 Å². The number of carbonyl (C=O) groups excluding carboxylic acids is 1.